The zero-order valence-corrected chi connectivity index (χ0v) is 17.7. The SMILES string of the molecule is COc1cccc(-n2ncc3c(N=NCc4cc(Br)c(O)c(OC)c4)ncnc32)c1. The largest absolute Gasteiger partial charge is 0.503 e. The molecule has 0 saturated carbocycles. The Labute approximate surface area is 180 Å². The Kier molecular flexibility index (Phi) is 5.57. The number of hydrogen-bond donors (Lipinski definition) is 1. The molecule has 9 nitrogen and oxygen atoms in total. The van der Waals surface area contributed by atoms with E-state index in [1.54, 1.807) is 30.1 Å². The van der Waals surface area contributed by atoms with Crippen molar-refractivity contribution in [3.8, 4) is 22.9 Å². The van der Waals surface area contributed by atoms with E-state index in [0.29, 0.717) is 27.1 Å². The van der Waals surface area contributed by atoms with Gasteiger partial charge in [0.15, 0.2) is 23.0 Å². The number of phenols is 1. The second kappa shape index (κ2) is 8.46. The third-order valence-corrected chi connectivity index (χ3v) is 4.97. The molecule has 2 aromatic carbocycles. The molecule has 0 spiro atoms. The lowest BCUT2D eigenvalue weighted by molar-refractivity contribution is 0.371. The van der Waals surface area contributed by atoms with Crippen LogP contribution in [-0.2, 0) is 6.54 Å². The Morgan fingerprint density at radius 1 is 1.13 bits per heavy atom. The maximum absolute atomic E-state index is 9.91. The van der Waals surface area contributed by atoms with Crippen molar-refractivity contribution in [3.05, 3.63) is 59.0 Å². The smallest absolute Gasteiger partial charge is 0.188 e. The van der Waals surface area contributed by atoms with Gasteiger partial charge in [-0.15, -0.1) is 5.11 Å². The highest BCUT2D eigenvalue weighted by molar-refractivity contribution is 9.10. The number of methoxy groups -OCH3 is 2. The number of azo groups is 1. The fourth-order valence-corrected chi connectivity index (χ4v) is 3.39. The van der Waals surface area contributed by atoms with Crippen LogP contribution in [-0.4, -0.2) is 39.1 Å². The van der Waals surface area contributed by atoms with Crippen LogP contribution >= 0.6 is 15.9 Å². The van der Waals surface area contributed by atoms with Gasteiger partial charge in [-0.1, -0.05) is 6.07 Å². The van der Waals surface area contributed by atoms with Crippen molar-refractivity contribution < 1.29 is 14.6 Å². The Morgan fingerprint density at radius 3 is 2.80 bits per heavy atom. The molecule has 0 fully saturated rings. The molecule has 0 amide bonds. The minimum atomic E-state index is 0.0423. The number of halogens is 1. The van der Waals surface area contributed by atoms with E-state index in [4.69, 9.17) is 9.47 Å². The lowest BCUT2D eigenvalue weighted by atomic mass is 10.2. The monoisotopic (exact) mass is 468 g/mol. The normalized spacial score (nSPS) is 11.3. The first-order valence-corrected chi connectivity index (χ1v) is 9.66. The molecule has 0 saturated heterocycles. The number of aromatic nitrogens is 4. The van der Waals surface area contributed by atoms with Crippen molar-refractivity contribution in [1.82, 2.24) is 19.7 Å². The molecule has 0 aliphatic heterocycles. The van der Waals surface area contributed by atoms with E-state index >= 15 is 0 Å². The fraction of sp³-hybridized carbons (Fsp3) is 0.150. The quantitative estimate of drug-likeness (QED) is 0.414. The van der Waals surface area contributed by atoms with Gasteiger partial charge >= 0.3 is 0 Å². The van der Waals surface area contributed by atoms with E-state index in [-0.39, 0.29) is 12.3 Å². The summed E-state index contributed by atoms with van der Waals surface area (Å²) in [7, 11) is 3.10. The predicted octanol–water partition coefficient (Wildman–Crippen LogP) is 4.58. The van der Waals surface area contributed by atoms with Crippen LogP contribution in [0.25, 0.3) is 16.7 Å². The van der Waals surface area contributed by atoms with Gasteiger partial charge in [-0.25, -0.2) is 14.6 Å². The van der Waals surface area contributed by atoms with Crippen molar-refractivity contribution in [2.24, 2.45) is 10.2 Å². The summed E-state index contributed by atoms with van der Waals surface area (Å²) >= 11 is 3.30. The highest BCUT2D eigenvalue weighted by atomic mass is 79.9. The first-order valence-electron chi connectivity index (χ1n) is 8.86. The molecule has 0 radical (unpaired) electrons. The van der Waals surface area contributed by atoms with E-state index in [1.165, 1.54) is 13.4 Å². The average Bonchev–Trinajstić information content (AvgIpc) is 3.21. The van der Waals surface area contributed by atoms with Crippen LogP contribution in [0, 0.1) is 0 Å². The molecular formula is C20H17BrN6O3. The number of fused-ring (bicyclic) bond motifs is 1. The molecular weight excluding hydrogens is 452 g/mol. The highest BCUT2D eigenvalue weighted by Crippen LogP contribution is 2.35. The van der Waals surface area contributed by atoms with Crippen molar-refractivity contribution in [1.29, 1.82) is 0 Å². The Bertz CT molecular complexity index is 1240. The minimum Gasteiger partial charge on any atom is -0.503 e. The van der Waals surface area contributed by atoms with Crippen molar-refractivity contribution in [3.63, 3.8) is 0 Å². The zero-order chi connectivity index (χ0) is 21.1. The van der Waals surface area contributed by atoms with E-state index in [1.807, 2.05) is 24.3 Å². The van der Waals surface area contributed by atoms with Gasteiger partial charge in [-0.05, 0) is 45.8 Å². The van der Waals surface area contributed by atoms with Gasteiger partial charge in [0.05, 0.1) is 42.5 Å². The number of aromatic hydroxyl groups is 1. The molecule has 4 rings (SSSR count). The van der Waals surface area contributed by atoms with E-state index < -0.39 is 0 Å². The highest BCUT2D eigenvalue weighted by Gasteiger charge is 2.12. The molecule has 0 atom stereocenters. The number of phenolic OH excluding ortho intramolecular Hbond substituents is 1. The van der Waals surface area contributed by atoms with E-state index in [9.17, 15) is 5.11 Å². The number of benzene rings is 2. The lowest BCUT2D eigenvalue weighted by Crippen LogP contribution is -1.98. The maximum atomic E-state index is 9.91. The summed E-state index contributed by atoms with van der Waals surface area (Å²) in [5.74, 6) is 1.54. The second-order valence-corrected chi connectivity index (χ2v) is 7.07. The van der Waals surface area contributed by atoms with Crippen molar-refractivity contribution in [2.45, 2.75) is 6.54 Å². The fourth-order valence-electron chi connectivity index (χ4n) is 2.90. The van der Waals surface area contributed by atoms with E-state index in [0.717, 1.165) is 17.0 Å². The average molecular weight is 469 g/mol. The molecule has 2 aromatic heterocycles. The zero-order valence-electron chi connectivity index (χ0n) is 16.2. The third-order valence-electron chi connectivity index (χ3n) is 4.37. The molecule has 152 valence electrons. The summed E-state index contributed by atoms with van der Waals surface area (Å²) in [6.45, 7) is 0.282. The van der Waals surface area contributed by atoms with Gasteiger partial charge in [0.25, 0.3) is 0 Å². The van der Waals surface area contributed by atoms with Crippen LogP contribution in [0.1, 0.15) is 5.56 Å². The number of ether oxygens (including phenoxy) is 2. The standard InChI is InChI=1S/C20H17BrN6O3/c1-29-14-5-3-4-13(8-14)27-20-15(10-25-27)19(22-11-23-20)26-24-9-12-6-16(21)18(28)17(7-12)30-2/h3-8,10-11,28H,9H2,1-2H3. The molecule has 10 heteroatoms. The van der Waals surface area contributed by atoms with Crippen LogP contribution in [0.2, 0.25) is 0 Å². The molecule has 4 aromatic rings. The van der Waals surface area contributed by atoms with E-state index in [2.05, 4.69) is 41.2 Å². The molecule has 0 bridgehead atoms. The van der Waals surface area contributed by atoms with Gasteiger partial charge in [0.2, 0.25) is 0 Å². The molecule has 2 heterocycles. The molecule has 0 unspecified atom stereocenters. The number of rotatable bonds is 6. The van der Waals surface area contributed by atoms with Gasteiger partial charge < -0.3 is 14.6 Å². The Balaban J connectivity index is 1.63. The summed E-state index contributed by atoms with van der Waals surface area (Å²) in [6.07, 6.45) is 3.08. The van der Waals surface area contributed by atoms with Gasteiger partial charge in [0, 0.05) is 6.07 Å². The van der Waals surface area contributed by atoms with Crippen molar-refractivity contribution >= 4 is 32.8 Å². The van der Waals surface area contributed by atoms with Crippen LogP contribution in [0.3, 0.4) is 0 Å². The molecule has 1 N–H and O–H groups in total. The third kappa shape index (κ3) is 3.81. The topological polar surface area (TPSA) is 107 Å². The lowest BCUT2D eigenvalue weighted by Gasteiger charge is -2.07. The molecule has 30 heavy (non-hydrogen) atoms. The summed E-state index contributed by atoms with van der Waals surface area (Å²) in [6, 6.07) is 11.0. The van der Waals surface area contributed by atoms with Gasteiger partial charge in [-0.2, -0.15) is 10.2 Å². The van der Waals surface area contributed by atoms with Gasteiger partial charge in [0.1, 0.15) is 12.1 Å². The van der Waals surface area contributed by atoms with Crippen molar-refractivity contribution in [2.75, 3.05) is 14.2 Å². The van der Waals surface area contributed by atoms with Crippen LogP contribution in [0.5, 0.6) is 17.2 Å². The summed E-state index contributed by atoms with van der Waals surface area (Å²) < 4.78 is 12.7. The number of hydrogen-bond acceptors (Lipinski definition) is 8. The minimum absolute atomic E-state index is 0.0423. The Morgan fingerprint density at radius 2 is 2.00 bits per heavy atom. The molecule has 0 aliphatic carbocycles. The first-order chi connectivity index (χ1) is 14.6. The summed E-state index contributed by atoms with van der Waals surface area (Å²) in [4.78, 5) is 8.56. The Hall–Kier alpha value is -3.53. The first kappa shape index (κ1) is 19.8. The predicted molar refractivity (Wildman–Crippen MR) is 114 cm³/mol. The maximum Gasteiger partial charge on any atom is 0.188 e. The van der Waals surface area contributed by atoms with Crippen LogP contribution < -0.4 is 9.47 Å². The van der Waals surface area contributed by atoms with Crippen LogP contribution in [0.15, 0.2) is 63.6 Å². The number of nitrogens with zero attached hydrogens (tertiary/aromatic N) is 6. The summed E-state index contributed by atoms with van der Waals surface area (Å²) in [5.41, 5.74) is 2.24. The summed E-state index contributed by atoms with van der Waals surface area (Å²) in [5, 5.41) is 23.5. The van der Waals surface area contributed by atoms with Crippen LogP contribution in [0.4, 0.5) is 5.82 Å². The second-order valence-electron chi connectivity index (χ2n) is 6.22. The van der Waals surface area contributed by atoms with Gasteiger partial charge in [-0.3, -0.25) is 0 Å². The molecule has 0 aliphatic rings.